The van der Waals surface area contributed by atoms with E-state index in [1.807, 2.05) is 0 Å². The van der Waals surface area contributed by atoms with Crippen LogP contribution in [0.15, 0.2) is 0 Å². The summed E-state index contributed by atoms with van der Waals surface area (Å²) < 4.78 is 0. The molecule has 0 bridgehead atoms. The van der Waals surface area contributed by atoms with Gasteiger partial charge in [0.15, 0.2) is 0 Å². The number of carbonyl (C=O) groups excluding carboxylic acids is 1. The second-order valence-electron chi connectivity index (χ2n) is 5.43. The summed E-state index contributed by atoms with van der Waals surface area (Å²) in [6.07, 6.45) is 6.83. The molecule has 0 aromatic carbocycles. The molecule has 17 heavy (non-hydrogen) atoms. The third kappa shape index (κ3) is 3.85. The van der Waals surface area contributed by atoms with Gasteiger partial charge in [0, 0.05) is 12.0 Å². The fraction of sp³-hybridized carbons (Fsp3) is 0.923. The van der Waals surface area contributed by atoms with Crippen molar-refractivity contribution in [1.82, 2.24) is 10.6 Å². The normalized spacial score (nSPS) is 25.1. The van der Waals surface area contributed by atoms with Crippen LogP contribution in [-0.2, 0) is 4.79 Å². The lowest BCUT2D eigenvalue weighted by Gasteiger charge is -2.15. The van der Waals surface area contributed by atoms with Gasteiger partial charge < -0.3 is 10.6 Å². The van der Waals surface area contributed by atoms with E-state index >= 15 is 0 Å². The lowest BCUT2D eigenvalue weighted by molar-refractivity contribution is -0.126. The Morgan fingerprint density at radius 1 is 1.47 bits per heavy atom. The van der Waals surface area contributed by atoms with Crippen LogP contribution >= 0.6 is 12.4 Å². The molecule has 1 heterocycles. The summed E-state index contributed by atoms with van der Waals surface area (Å²) in [4.78, 5) is 12.0. The first-order valence-corrected chi connectivity index (χ1v) is 6.76. The summed E-state index contributed by atoms with van der Waals surface area (Å²) in [7, 11) is 0. The van der Waals surface area contributed by atoms with E-state index in [-0.39, 0.29) is 17.8 Å². The predicted octanol–water partition coefficient (Wildman–Crippen LogP) is 2.10. The van der Waals surface area contributed by atoms with E-state index in [2.05, 4.69) is 17.6 Å². The number of carbonyl (C=O) groups is 1. The average molecular weight is 261 g/mol. The highest BCUT2D eigenvalue weighted by Gasteiger charge is 2.48. The van der Waals surface area contributed by atoms with Gasteiger partial charge in [-0.1, -0.05) is 13.3 Å². The summed E-state index contributed by atoms with van der Waals surface area (Å²) in [6, 6.07) is 0. The van der Waals surface area contributed by atoms with E-state index in [1.165, 1.54) is 6.42 Å². The smallest absolute Gasteiger partial charge is 0.226 e. The lowest BCUT2D eigenvalue weighted by atomic mass is 9.99. The zero-order chi connectivity index (χ0) is 11.4. The van der Waals surface area contributed by atoms with Crippen LogP contribution in [0.5, 0.6) is 0 Å². The summed E-state index contributed by atoms with van der Waals surface area (Å²) in [5.74, 6) is 1.10. The van der Waals surface area contributed by atoms with Gasteiger partial charge in [0.1, 0.15) is 0 Å². The molecule has 0 aromatic heterocycles. The van der Waals surface area contributed by atoms with Crippen LogP contribution in [0.4, 0.5) is 0 Å². The second kappa shape index (κ2) is 6.60. The van der Waals surface area contributed by atoms with Gasteiger partial charge in [-0.05, 0) is 51.1 Å². The number of hydrogen-bond acceptors (Lipinski definition) is 2. The number of amides is 1. The molecule has 2 N–H and O–H groups in total. The van der Waals surface area contributed by atoms with Gasteiger partial charge in [-0.2, -0.15) is 0 Å². The molecule has 1 atom stereocenters. The van der Waals surface area contributed by atoms with E-state index in [1.54, 1.807) is 0 Å². The summed E-state index contributed by atoms with van der Waals surface area (Å²) in [6.45, 7) is 5.32. The molecule has 4 heteroatoms. The highest BCUT2D eigenvalue weighted by atomic mass is 35.5. The van der Waals surface area contributed by atoms with Gasteiger partial charge in [0.2, 0.25) is 5.91 Å². The SMILES string of the molecule is CCCC1(C(=O)NCCC2CCNC2)CC1.Cl. The van der Waals surface area contributed by atoms with E-state index in [0.29, 0.717) is 5.91 Å². The number of halogens is 1. The van der Waals surface area contributed by atoms with Crippen LogP contribution in [-0.4, -0.2) is 25.5 Å². The maximum absolute atomic E-state index is 12.0. The molecule has 1 unspecified atom stereocenters. The predicted molar refractivity (Wildman–Crippen MR) is 72.4 cm³/mol. The van der Waals surface area contributed by atoms with Crippen LogP contribution in [0.2, 0.25) is 0 Å². The highest BCUT2D eigenvalue weighted by Crippen LogP contribution is 2.49. The maximum Gasteiger partial charge on any atom is 0.226 e. The summed E-state index contributed by atoms with van der Waals surface area (Å²) in [5, 5.41) is 6.49. The number of hydrogen-bond donors (Lipinski definition) is 2. The fourth-order valence-electron chi connectivity index (χ4n) is 2.76. The quantitative estimate of drug-likeness (QED) is 0.768. The summed E-state index contributed by atoms with van der Waals surface area (Å²) in [5.41, 5.74) is 0.0443. The first-order chi connectivity index (χ1) is 7.77. The first-order valence-electron chi connectivity index (χ1n) is 6.76. The van der Waals surface area contributed by atoms with Gasteiger partial charge in [0.05, 0.1) is 0 Å². The van der Waals surface area contributed by atoms with Crippen LogP contribution in [0.1, 0.15) is 45.4 Å². The zero-order valence-corrected chi connectivity index (χ0v) is 11.6. The van der Waals surface area contributed by atoms with Crippen LogP contribution in [0.3, 0.4) is 0 Å². The Kier molecular flexibility index (Phi) is 5.74. The number of rotatable bonds is 6. The molecule has 1 saturated heterocycles. The molecule has 100 valence electrons. The van der Waals surface area contributed by atoms with Gasteiger partial charge in [-0.3, -0.25) is 4.79 Å². The molecule has 1 aliphatic carbocycles. The van der Waals surface area contributed by atoms with Crippen molar-refractivity contribution in [2.75, 3.05) is 19.6 Å². The van der Waals surface area contributed by atoms with Crippen molar-refractivity contribution in [3.8, 4) is 0 Å². The van der Waals surface area contributed by atoms with Crippen molar-refractivity contribution in [1.29, 1.82) is 0 Å². The van der Waals surface area contributed by atoms with Crippen LogP contribution in [0.25, 0.3) is 0 Å². The van der Waals surface area contributed by atoms with Crippen molar-refractivity contribution >= 4 is 18.3 Å². The Morgan fingerprint density at radius 2 is 2.24 bits per heavy atom. The molecule has 0 radical (unpaired) electrons. The maximum atomic E-state index is 12.0. The molecule has 1 saturated carbocycles. The van der Waals surface area contributed by atoms with Crippen molar-refractivity contribution in [2.45, 2.75) is 45.4 Å². The molecule has 3 nitrogen and oxygen atoms in total. The van der Waals surface area contributed by atoms with Crippen LogP contribution < -0.4 is 10.6 Å². The van der Waals surface area contributed by atoms with Crippen molar-refractivity contribution in [3.05, 3.63) is 0 Å². The van der Waals surface area contributed by atoms with Crippen molar-refractivity contribution in [2.24, 2.45) is 11.3 Å². The van der Waals surface area contributed by atoms with Gasteiger partial charge in [0.25, 0.3) is 0 Å². The van der Waals surface area contributed by atoms with E-state index in [0.717, 1.165) is 57.7 Å². The third-order valence-corrected chi connectivity index (χ3v) is 4.06. The minimum atomic E-state index is 0. The molecule has 0 spiro atoms. The summed E-state index contributed by atoms with van der Waals surface area (Å²) >= 11 is 0. The Labute approximate surface area is 111 Å². The minimum absolute atomic E-state index is 0. The van der Waals surface area contributed by atoms with Gasteiger partial charge >= 0.3 is 0 Å². The van der Waals surface area contributed by atoms with E-state index in [9.17, 15) is 4.79 Å². The minimum Gasteiger partial charge on any atom is -0.356 e. The first kappa shape index (κ1) is 14.8. The average Bonchev–Trinajstić information content (AvgIpc) is 2.88. The highest BCUT2D eigenvalue weighted by molar-refractivity contribution is 5.85. The molecular weight excluding hydrogens is 236 g/mol. The van der Waals surface area contributed by atoms with Gasteiger partial charge in [-0.15, -0.1) is 12.4 Å². The lowest BCUT2D eigenvalue weighted by Crippen LogP contribution is -2.33. The van der Waals surface area contributed by atoms with E-state index in [4.69, 9.17) is 0 Å². The molecule has 1 aliphatic heterocycles. The topological polar surface area (TPSA) is 41.1 Å². The molecule has 2 aliphatic rings. The zero-order valence-electron chi connectivity index (χ0n) is 10.8. The number of nitrogens with one attached hydrogen (secondary N) is 2. The Hall–Kier alpha value is -0.280. The molecular formula is C13H25ClN2O. The van der Waals surface area contributed by atoms with E-state index < -0.39 is 0 Å². The standard InChI is InChI=1S/C13H24N2O.ClH/c1-2-5-13(6-7-13)12(16)15-9-4-11-3-8-14-10-11;/h11,14H,2-10H2,1H3,(H,15,16);1H. The largest absolute Gasteiger partial charge is 0.356 e. The van der Waals surface area contributed by atoms with Gasteiger partial charge in [-0.25, -0.2) is 0 Å². The van der Waals surface area contributed by atoms with Crippen molar-refractivity contribution < 1.29 is 4.79 Å². The Balaban J connectivity index is 0.00000144. The molecule has 2 rings (SSSR count). The Bertz CT molecular complexity index is 248. The fourth-order valence-corrected chi connectivity index (χ4v) is 2.76. The van der Waals surface area contributed by atoms with Crippen LogP contribution in [0, 0.1) is 11.3 Å². The monoisotopic (exact) mass is 260 g/mol. The Morgan fingerprint density at radius 3 is 2.76 bits per heavy atom. The second-order valence-corrected chi connectivity index (χ2v) is 5.43. The molecule has 0 aromatic rings. The third-order valence-electron chi connectivity index (χ3n) is 4.06. The molecule has 1 amide bonds. The molecule has 2 fully saturated rings. The van der Waals surface area contributed by atoms with Crippen molar-refractivity contribution in [3.63, 3.8) is 0 Å².